The number of aliphatic hydroxyl groups is 2. The Morgan fingerprint density at radius 3 is 2.65 bits per heavy atom. The highest BCUT2D eigenvalue weighted by Gasteiger charge is 2.50. The van der Waals surface area contributed by atoms with Gasteiger partial charge in [0.15, 0.2) is 0 Å². The fourth-order valence-electron chi connectivity index (χ4n) is 5.25. The smallest absolute Gasteiger partial charge is 0.147 e. The fourth-order valence-corrected chi connectivity index (χ4v) is 5.40. The SMILES string of the molecule is C[C@]1(CCc2cc(F)c3cc(Cl)c(N)nc3c2)C[C@@H](n2ccc3c(N)ccc(F)c32)[C@H](O)[C@@H]1O. The van der Waals surface area contributed by atoms with Crippen LogP contribution in [0, 0.1) is 17.0 Å². The van der Waals surface area contributed by atoms with Crippen LogP contribution in [0.4, 0.5) is 20.3 Å². The molecule has 6 nitrogen and oxygen atoms in total. The first kappa shape index (κ1) is 22.8. The van der Waals surface area contributed by atoms with E-state index in [1.807, 2.05) is 6.92 Å². The number of nitrogens with zero attached hydrogens (tertiary/aromatic N) is 2. The zero-order chi connectivity index (χ0) is 24.4. The van der Waals surface area contributed by atoms with E-state index in [0.29, 0.717) is 46.9 Å². The first-order chi connectivity index (χ1) is 16.1. The number of rotatable bonds is 4. The molecule has 1 aliphatic carbocycles. The molecule has 34 heavy (non-hydrogen) atoms. The van der Waals surface area contributed by atoms with E-state index >= 15 is 0 Å². The summed E-state index contributed by atoms with van der Waals surface area (Å²) in [5.41, 5.74) is 12.9. The Bertz CT molecular complexity index is 1430. The lowest BCUT2D eigenvalue weighted by atomic mass is 9.80. The van der Waals surface area contributed by atoms with Gasteiger partial charge in [-0.3, -0.25) is 0 Å². The predicted molar refractivity (Wildman–Crippen MR) is 130 cm³/mol. The van der Waals surface area contributed by atoms with Gasteiger partial charge in [0.25, 0.3) is 0 Å². The van der Waals surface area contributed by atoms with Crippen LogP contribution in [0.2, 0.25) is 5.02 Å². The van der Waals surface area contributed by atoms with Crippen molar-refractivity contribution in [3.8, 4) is 0 Å². The van der Waals surface area contributed by atoms with Gasteiger partial charge in [0, 0.05) is 22.7 Å². The number of nitrogen functional groups attached to an aromatic ring is 2. The van der Waals surface area contributed by atoms with Crippen molar-refractivity contribution < 1.29 is 19.0 Å². The van der Waals surface area contributed by atoms with Crippen molar-refractivity contribution in [3.63, 3.8) is 0 Å². The Morgan fingerprint density at radius 2 is 1.88 bits per heavy atom. The summed E-state index contributed by atoms with van der Waals surface area (Å²) in [6.45, 7) is 1.88. The first-order valence-electron chi connectivity index (χ1n) is 11.0. The van der Waals surface area contributed by atoms with Crippen LogP contribution in [0.25, 0.3) is 21.8 Å². The lowest BCUT2D eigenvalue weighted by molar-refractivity contribution is -0.0241. The molecule has 0 radical (unpaired) electrons. The Kier molecular flexibility index (Phi) is 5.42. The second-order valence-electron chi connectivity index (χ2n) is 9.48. The molecule has 2 aromatic carbocycles. The first-order valence-corrected chi connectivity index (χ1v) is 11.4. The van der Waals surface area contributed by atoms with E-state index in [1.165, 1.54) is 24.3 Å². The molecule has 0 aliphatic heterocycles. The van der Waals surface area contributed by atoms with Gasteiger partial charge in [0.1, 0.15) is 23.6 Å². The lowest BCUT2D eigenvalue weighted by Gasteiger charge is -2.28. The zero-order valence-electron chi connectivity index (χ0n) is 18.5. The van der Waals surface area contributed by atoms with Gasteiger partial charge in [-0.2, -0.15) is 0 Å². The quantitative estimate of drug-likeness (QED) is 0.315. The third kappa shape index (κ3) is 3.57. The van der Waals surface area contributed by atoms with Crippen LogP contribution >= 0.6 is 11.6 Å². The van der Waals surface area contributed by atoms with E-state index in [0.717, 1.165) is 0 Å². The van der Waals surface area contributed by atoms with Gasteiger partial charge in [-0.25, -0.2) is 13.8 Å². The van der Waals surface area contributed by atoms with Crippen LogP contribution in [0.3, 0.4) is 0 Å². The highest BCUT2D eigenvalue weighted by Crippen LogP contribution is 2.48. The Labute approximate surface area is 199 Å². The number of hydrogen-bond donors (Lipinski definition) is 4. The normalized spacial score (nSPS) is 24.9. The maximum atomic E-state index is 14.7. The van der Waals surface area contributed by atoms with Crippen LogP contribution in [-0.2, 0) is 6.42 Å². The summed E-state index contributed by atoms with van der Waals surface area (Å²) < 4.78 is 31.0. The van der Waals surface area contributed by atoms with Crippen molar-refractivity contribution >= 4 is 44.9 Å². The summed E-state index contributed by atoms with van der Waals surface area (Å²) in [7, 11) is 0. The molecule has 4 atom stereocenters. The van der Waals surface area contributed by atoms with Crippen LogP contribution in [0.1, 0.15) is 31.4 Å². The van der Waals surface area contributed by atoms with Gasteiger partial charge >= 0.3 is 0 Å². The minimum atomic E-state index is -1.10. The summed E-state index contributed by atoms with van der Waals surface area (Å²) in [4.78, 5) is 4.18. The van der Waals surface area contributed by atoms with Crippen molar-refractivity contribution in [1.82, 2.24) is 9.55 Å². The summed E-state index contributed by atoms with van der Waals surface area (Å²) in [5.74, 6) is -0.770. The second kappa shape index (κ2) is 8.08. The van der Waals surface area contributed by atoms with Crippen molar-refractivity contribution in [2.24, 2.45) is 5.41 Å². The lowest BCUT2D eigenvalue weighted by Crippen LogP contribution is -2.35. The number of fused-ring (bicyclic) bond motifs is 2. The van der Waals surface area contributed by atoms with Gasteiger partial charge in [-0.15, -0.1) is 0 Å². The molecule has 4 aromatic rings. The van der Waals surface area contributed by atoms with Gasteiger partial charge in [-0.1, -0.05) is 18.5 Å². The number of aliphatic hydroxyl groups excluding tert-OH is 2. The maximum Gasteiger partial charge on any atom is 0.147 e. The maximum absolute atomic E-state index is 14.7. The minimum absolute atomic E-state index is 0.127. The number of aromatic nitrogens is 2. The monoisotopic (exact) mass is 486 g/mol. The number of hydrogen-bond acceptors (Lipinski definition) is 5. The Hall–Kier alpha value is -2.94. The van der Waals surface area contributed by atoms with Gasteiger partial charge in [0.2, 0.25) is 0 Å². The van der Waals surface area contributed by atoms with E-state index in [-0.39, 0.29) is 16.2 Å². The van der Waals surface area contributed by atoms with Gasteiger partial charge in [0.05, 0.1) is 28.2 Å². The van der Waals surface area contributed by atoms with Crippen molar-refractivity contribution in [2.45, 2.75) is 44.4 Å². The molecule has 0 spiro atoms. The number of pyridine rings is 1. The average Bonchev–Trinajstić information content (AvgIpc) is 3.33. The second-order valence-corrected chi connectivity index (χ2v) is 9.89. The number of anilines is 2. The van der Waals surface area contributed by atoms with Crippen LogP contribution in [0.5, 0.6) is 0 Å². The molecule has 1 aliphatic rings. The van der Waals surface area contributed by atoms with E-state index in [9.17, 15) is 19.0 Å². The summed E-state index contributed by atoms with van der Waals surface area (Å²) >= 11 is 5.97. The molecule has 0 bridgehead atoms. The fraction of sp³-hybridized carbons (Fsp3) is 0.320. The summed E-state index contributed by atoms with van der Waals surface area (Å²) in [6.07, 6.45) is 0.869. The molecule has 178 valence electrons. The molecular weight excluding hydrogens is 462 g/mol. The predicted octanol–water partition coefficient (Wildman–Crippen LogP) is 4.59. The van der Waals surface area contributed by atoms with E-state index in [4.69, 9.17) is 23.1 Å². The van der Waals surface area contributed by atoms with Gasteiger partial charge < -0.3 is 26.2 Å². The van der Waals surface area contributed by atoms with Crippen molar-refractivity contribution in [1.29, 1.82) is 0 Å². The molecule has 1 fully saturated rings. The standard InChI is InChI=1S/C25H25ClF2N4O2/c1-25(6-4-12-8-17(28)14-10-15(26)24(30)31-19(14)9-12)11-20(22(33)23(25)34)32-7-5-13-18(29)3-2-16(27)21(13)32/h2-3,5,7-10,20,22-23,33-34H,4,6,11,29H2,1H3,(H2,30,31)/t20-,22+,23+,25+/m1/s1. The molecule has 5 rings (SSSR count). The highest BCUT2D eigenvalue weighted by atomic mass is 35.5. The molecule has 1 saturated carbocycles. The number of aryl methyl sites for hydroxylation is 1. The minimum Gasteiger partial charge on any atom is -0.398 e. The zero-order valence-corrected chi connectivity index (χ0v) is 19.2. The highest BCUT2D eigenvalue weighted by molar-refractivity contribution is 6.33. The molecule has 6 N–H and O–H groups in total. The van der Waals surface area contributed by atoms with E-state index < -0.39 is 35.3 Å². The Morgan fingerprint density at radius 1 is 1.12 bits per heavy atom. The molecule has 0 unspecified atom stereocenters. The average molecular weight is 487 g/mol. The number of benzene rings is 2. The third-order valence-corrected chi connectivity index (χ3v) is 7.54. The molecule has 0 amide bonds. The third-order valence-electron chi connectivity index (χ3n) is 7.24. The number of nitrogens with two attached hydrogens (primary N) is 2. The Balaban J connectivity index is 1.42. The largest absolute Gasteiger partial charge is 0.398 e. The van der Waals surface area contributed by atoms with Crippen LogP contribution in [0.15, 0.2) is 42.6 Å². The van der Waals surface area contributed by atoms with Crippen LogP contribution in [-0.4, -0.2) is 32.0 Å². The molecular formula is C25H25ClF2N4O2. The molecule has 9 heteroatoms. The molecule has 2 aromatic heterocycles. The number of halogens is 3. The van der Waals surface area contributed by atoms with Crippen LogP contribution < -0.4 is 11.5 Å². The van der Waals surface area contributed by atoms with Crippen molar-refractivity contribution in [2.75, 3.05) is 11.5 Å². The van der Waals surface area contributed by atoms with Crippen molar-refractivity contribution in [3.05, 3.63) is 64.8 Å². The molecule has 0 saturated heterocycles. The molecule has 2 heterocycles. The topological polar surface area (TPSA) is 110 Å². The summed E-state index contributed by atoms with van der Waals surface area (Å²) in [6, 6.07) is 8.61. The summed E-state index contributed by atoms with van der Waals surface area (Å²) in [5, 5.41) is 22.9. The van der Waals surface area contributed by atoms with Gasteiger partial charge in [-0.05, 0) is 66.6 Å². The van der Waals surface area contributed by atoms with E-state index in [2.05, 4.69) is 4.98 Å². The van der Waals surface area contributed by atoms with E-state index in [1.54, 1.807) is 22.9 Å².